The standard InChI is InChI=1S/C58H81N3O13/c1-14-45-58(10,68)52(65)37(6)60(13)31-33(2)29-57(9,67)53(35(4)50(64)36(5)54(66)72-45)74-55-51(41(59(11)12)26-34(3)70-55)73-46(62)24-25-69-47(63)28-40-49(44-27-39-22-18-19-23-43(39)71-44)48(38-20-16-15-17-21-38)42-30-56(7,8)32-61(40)42/h15-23,27,33-37,41,45,51-53,55,65,67-68H,14,24-26,28-32H2,1-13H3/t33-,34-,35+,36-,37-,41+,45-,51-,52-,53-,55+,57-,58-/m1/s1. The number of cyclic esters (lactones) is 1. The smallest absolute Gasteiger partial charge is 0.316 e. The Kier molecular flexibility index (Phi) is 17.4. The molecule has 5 heterocycles. The lowest BCUT2D eigenvalue weighted by Crippen LogP contribution is -2.60. The lowest BCUT2D eigenvalue weighted by Gasteiger charge is -2.46. The molecule has 2 aromatic carbocycles. The molecule has 2 saturated heterocycles. The number of aliphatic hydroxyl groups excluding tert-OH is 1. The molecule has 3 N–H and O–H groups in total. The zero-order valence-corrected chi connectivity index (χ0v) is 45.8. The molecule has 13 atom stereocenters. The van der Waals surface area contributed by atoms with E-state index < -0.39 is 95.6 Å². The molecule has 3 aliphatic rings. The summed E-state index contributed by atoms with van der Waals surface area (Å²) in [6.45, 7) is 18.5. The number of aliphatic hydroxyl groups is 3. The molecule has 0 spiro atoms. The fraction of sp³-hybridized carbons (Fsp3) is 0.621. The summed E-state index contributed by atoms with van der Waals surface area (Å²) in [5.41, 5.74) is 1.86. The van der Waals surface area contributed by atoms with Crippen LogP contribution in [0.3, 0.4) is 0 Å². The van der Waals surface area contributed by atoms with Crippen molar-refractivity contribution >= 4 is 34.7 Å². The van der Waals surface area contributed by atoms with E-state index in [1.807, 2.05) is 86.3 Å². The molecule has 0 radical (unpaired) electrons. The molecular formula is C58H81N3O13. The quantitative estimate of drug-likeness (QED) is 0.0721. The highest BCUT2D eigenvalue weighted by Gasteiger charge is 2.51. The second-order valence-corrected chi connectivity index (χ2v) is 23.1. The Bertz CT molecular complexity index is 2580. The fourth-order valence-electron chi connectivity index (χ4n) is 11.8. The molecule has 3 aliphatic heterocycles. The number of ketones is 1. The number of ether oxygens (including phenoxy) is 5. The summed E-state index contributed by atoms with van der Waals surface area (Å²) in [6, 6.07) is 18.9. The Morgan fingerprint density at radius 3 is 2.26 bits per heavy atom. The van der Waals surface area contributed by atoms with Crippen LogP contribution in [0.4, 0.5) is 0 Å². The van der Waals surface area contributed by atoms with E-state index in [-0.39, 0.29) is 43.6 Å². The summed E-state index contributed by atoms with van der Waals surface area (Å²) in [5, 5.41) is 36.5. The molecule has 4 aromatic rings. The first kappa shape index (κ1) is 56.8. The number of rotatable bonds is 12. The van der Waals surface area contributed by atoms with E-state index in [0.717, 1.165) is 45.5 Å². The van der Waals surface area contributed by atoms with Crippen LogP contribution in [0.2, 0.25) is 0 Å². The Balaban J connectivity index is 1.11. The third kappa shape index (κ3) is 12.2. The summed E-state index contributed by atoms with van der Waals surface area (Å²) in [5.74, 6) is -4.72. The third-order valence-corrected chi connectivity index (χ3v) is 15.8. The number of likely N-dealkylation sites (N-methyl/N-ethyl adjacent to an activating group) is 2. The van der Waals surface area contributed by atoms with Gasteiger partial charge in [-0.15, -0.1) is 0 Å². The second kappa shape index (κ2) is 22.7. The van der Waals surface area contributed by atoms with Crippen molar-refractivity contribution in [2.24, 2.45) is 23.2 Å². The van der Waals surface area contributed by atoms with Gasteiger partial charge in [0.25, 0.3) is 0 Å². The van der Waals surface area contributed by atoms with Crippen molar-refractivity contribution < 1.29 is 62.6 Å². The number of para-hydroxylation sites is 1. The van der Waals surface area contributed by atoms with Crippen LogP contribution in [0.5, 0.6) is 0 Å². The Hall–Kier alpha value is -4.94. The van der Waals surface area contributed by atoms with E-state index in [0.29, 0.717) is 25.3 Å². The lowest BCUT2D eigenvalue weighted by atomic mass is 9.78. The summed E-state index contributed by atoms with van der Waals surface area (Å²) in [4.78, 5) is 59.9. The maximum absolute atomic E-state index is 14.4. The van der Waals surface area contributed by atoms with Crippen LogP contribution in [0.15, 0.2) is 65.1 Å². The van der Waals surface area contributed by atoms with Crippen LogP contribution in [0.25, 0.3) is 33.4 Å². The molecule has 0 bridgehead atoms. The number of aromatic nitrogens is 1. The normalized spacial score (nSPS) is 32.4. The van der Waals surface area contributed by atoms with E-state index in [2.05, 4.69) is 30.5 Å². The highest BCUT2D eigenvalue weighted by Crippen LogP contribution is 2.48. The molecule has 0 saturated carbocycles. The van der Waals surface area contributed by atoms with Gasteiger partial charge in [-0.2, -0.15) is 0 Å². The number of Topliss-reactive ketones (excluding diaryl/α,β-unsaturated/α-hetero) is 1. The molecule has 7 rings (SSSR count). The predicted molar refractivity (Wildman–Crippen MR) is 280 cm³/mol. The predicted octanol–water partition coefficient (Wildman–Crippen LogP) is 7.37. The monoisotopic (exact) mass is 1030 g/mol. The van der Waals surface area contributed by atoms with Crippen LogP contribution in [0, 0.1) is 23.2 Å². The van der Waals surface area contributed by atoms with Crippen LogP contribution in [-0.4, -0.2) is 148 Å². The van der Waals surface area contributed by atoms with Gasteiger partial charge in [-0.05, 0) is 110 Å². The van der Waals surface area contributed by atoms with Crippen molar-refractivity contribution in [3.63, 3.8) is 0 Å². The summed E-state index contributed by atoms with van der Waals surface area (Å²) in [6.07, 6.45) is -5.33. The van der Waals surface area contributed by atoms with E-state index in [4.69, 9.17) is 28.1 Å². The second-order valence-electron chi connectivity index (χ2n) is 23.1. The van der Waals surface area contributed by atoms with Gasteiger partial charge in [-0.1, -0.05) is 83.1 Å². The van der Waals surface area contributed by atoms with Gasteiger partial charge in [-0.3, -0.25) is 19.2 Å². The molecule has 406 valence electrons. The van der Waals surface area contributed by atoms with Crippen LogP contribution in [0.1, 0.15) is 106 Å². The number of fused-ring (bicyclic) bond motifs is 2. The van der Waals surface area contributed by atoms with Crippen molar-refractivity contribution in [1.29, 1.82) is 0 Å². The first-order chi connectivity index (χ1) is 34.7. The van der Waals surface area contributed by atoms with Gasteiger partial charge in [0, 0.05) is 53.0 Å². The van der Waals surface area contributed by atoms with Crippen molar-refractivity contribution in [2.75, 3.05) is 34.3 Å². The number of carbonyl (C=O) groups is 4. The van der Waals surface area contributed by atoms with Gasteiger partial charge in [0.05, 0.1) is 36.7 Å². The lowest BCUT2D eigenvalue weighted by molar-refractivity contribution is -0.296. The molecule has 2 aromatic heterocycles. The minimum atomic E-state index is -1.85. The molecule has 0 unspecified atom stereocenters. The zero-order valence-electron chi connectivity index (χ0n) is 45.8. The Morgan fingerprint density at radius 2 is 1.59 bits per heavy atom. The topological polar surface area (TPSA) is 200 Å². The highest BCUT2D eigenvalue weighted by atomic mass is 16.7. The molecule has 0 amide bonds. The van der Waals surface area contributed by atoms with Gasteiger partial charge in [-0.25, -0.2) is 0 Å². The number of benzene rings is 2. The first-order valence-electron chi connectivity index (χ1n) is 26.4. The van der Waals surface area contributed by atoms with Gasteiger partial charge >= 0.3 is 17.9 Å². The molecule has 0 aliphatic carbocycles. The maximum atomic E-state index is 14.4. The summed E-state index contributed by atoms with van der Waals surface area (Å²) in [7, 11) is 5.50. The van der Waals surface area contributed by atoms with Crippen LogP contribution < -0.4 is 0 Å². The van der Waals surface area contributed by atoms with Crippen molar-refractivity contribution in [2.45, 2.75) is 174 Å². The summed E-state index contributed by atoms with van der Waals surface area (Å²) >= 11 is 0. The van der Waals surface area contributed by atoms with Crippen molar-refractivity contribution in [3.05, 3.63) is 72.1 Å². The molecule has 16 nitrogen and oxygen atoms in total. The number of nitrogens with zero attached hydrogens (tertiary/aromatic N) is 3. The van der Waals surface area contributed by atoms with E-state index in [1.165, 1.54) is 13.8 Å². The van der Waals surface area contributed by atoms with E-state index >= 15 is 0 Å². The van der Waals surface area contributed by atoms with Gasteiger partial charge in [0.15, 0.2) is 18.2 Å². The Morgan fingerprint density at radius 1 is 0.919 bits per heavy atom. The molecular weight excluding hydrogens is 947 g/mol. The van der Waals surface area contributed by atoms with E-state index in [1.54, 1.807) is 34.7 Å². The average Bonchev–Trinajstić information content (AvgIpc) is 3.99. The number of carbonyl (C=O) groups excluding carboxylic acids is 4. The zero-order chi connectivity index (χ0) is 54.2. The number of esters is 3. The third-order valence-electron chi connectivity index (χ3n) is 15.8. The average molecular weight is 1030 g/mol. The van der Waals surface area contributed by atoms with Crippen molar-refractivity contribution in [1.82, 2.24) is 14.4 Å². The maximum Gasteiger partial charge on any atom is 0.316 e. The largest absolute Gasteiger partial charge is 0.465 e. The van der Waals surface area contributed by atoms with Gasteiger partial charge in [0.2, 0.25) is 0 Å². The number of furan rings is 1. The minimum Gasteiger partial charge on any atom is -0.465 e. The molecule has 16 heteroatoms. The fourth-order valence-corrected chi connectivity index (χ4v) is 11.8. The SMILES string of the molecule is CC[C@H]1OC(=O)[C@H](C)C(=O)[C@H](C)[C@@H](O[C@@H]2O[C@H](C)C[C@H](N(C)C)[C@H]2OC(=O)CCOC(=O)Cc2c(-c3cc4ccccc4o3)c(-c3ccccc3)c3n2CC(C)(C)C3)[C@](C)(O)C[C@@H](C)CN(C)[C@H](C)[C@@H](O)[C@]1(C)O. The minimum absolute atomic E-state index is 0.0660. The summed E-state index contributed by atoms with van der Waals surface area (Å²) < 4.78 is 39.8. The first-order valence-corrected chi connectivity index (χ1v) is 26.4. The van der Waals surface area contributed by atoms with Crippen molar-refractivity contribution in [3.8, 4) is 22.5 Å². The Labute approximate surface area is 436 Å². The van der Waals surface area contributed by atoms with Gasteiger partial charge in [0.1, 0.15) is 41.7 Å². The number of hydrogen-bond donors (Lipinski definition) is 3. The van der Waals surface area contributed by atoms with Crippen LogP contribution >= 0.6 is 0 Å². The van der Waals surface area contributed by atoms with E-state index in [9.17, 15) is 34.5 Å². The molecule has 2 fully saturated rings. The number of hydrogen-bond acceptors (Lipinski definition) is 15. The highest BCUT2D eigenvalue weighted by molar-refractivity contribution is 6.00. The van der Waals surface area contributed by atoms with Gasteiger partial charge < -0.3 is 57.8 Å². The van der Waals surface area contributed by atoms with Crippen LogP contribution in [-0.2, 0) is 62.2 Å². The molecule has 74 heavy (non-hydrogen) atoms.